The lowest BCUT2D eigenvalue weighted by atomic mass is 10.1. The van der Waals surface area contributed by atoms with Crippen LogP contribution in [0.2, 0.25) is 0 Å². The van der Waals surface area contributed by atoms with E-state index in [9.17, 15) is 9.90 Å². The SMILES string of the molecule is CCOC(=O)c1cncc(-c2nnnn2C(O)CCc2ccc(OC)cc2)c1. The van der Waals surface area contributed by atoms with Crippen LogP contribution in [0.15, 0.2) is 42.7 Å². The van der Waals surface area contributed by atoms with Crippen LogP contribution in [0.5, 0.6) is 5.75 Å². The highest BCUT2D eigenvalue weighted by molar-refractivity contribution is 5.90. The Morgan fingerprint density at radius 3 is 2.75 bits per heavy atom. The van der Waals surface area contributed by atoms with Gasteiger partial charge in [-0.25, -0.2) is 4.79 Å². The lowest BCUT2D eigenvalue weighted by Gasteiger charge is -2.13. The van der Waals surface area contributed by atoms with Crippen LogP contribution in [-0.4, -0.2) is 50.0 Å². The van der Waals surface area contributed by atoms with E-state index in [2.05, 4.69) is 20.5 Å². The number of methoxy groups -OCH3 is 1. The number of carbonyl (C=O) groups is 1. The van der Waals surface area contributed by atoms with Gasteiger partial charge in [-0.15, -0.1) is 5.10 Å². The average molecular weight is 383 g/mol. The van der Waals surface area contributed by atoms with Gasteiger partial charge in [-0.05, 0) is 54.0 Å². The van der Waals surface area contributed by atoms with Gasteiger partial charge in [0.05, 0.1) is 19.3 Å². The molecule has 0 bridgehead atoms. The highest BCUT2D eigenvalue weighted by atomic mass is 16.5. The Kier molecular flexibility index (Phi) is 6.28. The predicted octanol–water partition coefficient (Wildman–Crippen LogP) is 2.04. The van der Waals surface area contributed by atoms with Crippen molar-refractivity contribution in [2.45, 2.75) is 26.0 Å². The monoisotopic (exact) mass is 383 g/mol. The zero-order valence-corrected chi connectivity index (χ0v) is 15.6. The van der Waals surface area contributed by atoms with Crippen molar-refractivity contribution in [2.24, 2.45) is 0 Å². The van der Waals surface area contributed by atoms with Crippen LogP contribution in [-0.2, 0) is 11.2 Å². The van der Waals surface area contributed by atoms with Gasteiger partial charge in [0.1, 0.15) is 5.75 Å². The summed E-state index contributed by atoms with van der Waals surface area (Å²) in [6.07, 6.45) is 3.05. The molecule has 0 fully saturated rings. The van der Waals surface area contributed by atoms with E-state index in [-0.39, 0.29) is 6.61 Å². The quantitative estimate of drug-likeness (QED) is 0.588. The van der Waals surface area contributed by atoms with Gasteiger partial charge < -0.3 is 14.6 Å². The van der Waals surface area contributed by atoms with E-state index >= 15 is 0 Å². The van der Waals surface area contributed by atoms with Crippen molar-refractivity contribution in [2.75, 3.05) is 13.7 Å². The third kappa shape index (κ3) is 4.49. The summed E-state index contributed by atoms with van der Waals surface area (Å²) in [5, 5.41) is 22.1. The topological polar surface area (TPSA) is 112 Å². The van der Waals surface area contributed by atoms with E-state index in [0.717, 1.165) is 11.3 Å². The summed E-state index contributed by atoms with van der Waals surface area (Å²) >= 11 is 0. The number of carbonyl (C=O) groups excluding carboxylic acids is 1. The van der Waals surface area contributed by atoms with Gasteiger partial charge in [-0.3, -0.25) is 4.98 Å². The number of pyridine rings is 1. The molecule has 0 saturated carbocycles. The summed E-state index contributed by atoms with van der Waals surface area (Å²) in [4.78, 5) is 16.0. The molecular formula is C19H21N5O4. The second-order valence-electron chi connectivity index (χ2n) is 6.00. The maximum atomic E-state index is 11.9. The van der Waals surface area contributed by atoms with Crippen LogP contribution >= 0.6 is 0 Å². The van der Waals surface area contributed by atoms with Gasteiger partial charge >= 0.3 is 5.97 Å². The lowest BCUT2D eigenvalue weighted by Crippen LogP contribution is -2.13. The van der Waals surface area contributed by atoms with Crippen molar-refractivity contribution in [1.82, 2.24) is 25.2 Å². The van der Waals surface area contributed by atoms with E-state index < -0.39 is 12.2 Å². The maximum absolute atomic E-state index is 11.9. The Balaban J connectivity index is 1.73. The Morgan fingerprint density at radius 1 is 1.25 bits per heavy atom. The molecule has 0 aliphatic rings. The third-order valence-electron chi connectivity index (χ3n) is 4.13. The minimum Gasteiger partial charge on any atom is -0.497 e. The molecule has 146 valence electrons. The largest absolute Gasteiger partial charge is 0.497 e. The van der Waals surface area contributed by atoms with Crippen molar-refractivity contribution in [3.8, 4) is 17.1 Å². The average Bonchev–Trinajstić information content (AvgIpc) is 3.23. The Morgan fingerprint density at radius 2 is 2.04 bits per heavy atom. The number of hydrogen-bond donors (Lipinski definition) is 1. The second kappa shape index (κ2) is 9.05. The minimum absolute atomic E-state index is 0.269. The van der Waals surface area contributed by atoms with Crippen molar-refractivity contribution in [1.29, 1.82) is 0 Å². The normalized spacial score (nSPS) is 11.8. The lowest BCUT2D eigenvalue weighted by molar-refractivity contribution is 0.0526. The number of aliphatic hydroxyl groups excluding tert-OH is 1. The van der Waals surface area contributed by atoms with E-state index in [1.165, 1.54) is 17.1 Å². The smallest absolute Gasteiger partial charge is 0.339 e. The van der Waals surface area contributed by atoms with Crippen LogP contribution in [0.25, 0.3) is 11.4 Å². The molecule has 0 saturated heterocycles. The summed E-state index contributed by atoms with van der Waals surface area (Å²) < 4.78 is 11.4. The van der Waals surface area contributed by atoms with E-state index in [4.69, 9.17) is 9.47 Å². The summed E-state index contributed by atoms with van der Waals surface area (Å²) in [7, 11) is 1.61. The van der Waals surface area contributed by atoms with Crippen molar-refractivity contribution < 1.29 is 19.4 Å². The molecule has 3 aromatic rings. The van der Waals surface area contributed by atoms with Gasteiger partial charge in [-0.2, -0.15) is 4.68 Å². The minimum atomic E-state index is -0.932. The van der Waals surface area contributed by atoms with Gasteiger partial charge in [0, 0.05) is 18.0 Å². The molecule has 3 rings (SSSR count). The number of tetrazole rings is 1. The first-order chi connectivity index (χ1) is 13.6. The highest BCUT2D eigenvalue weighted by Gasteiger charge is 2.18. The van der Waals surface area contributed by atoms with Crippen LogP contribution in [0, 0.1) is 0 Å². The van der Waals surface area contributed by atoms with E-state index in [1.54, 1.807) is 20.1 Å². The third-order valence-corrected chi connectivity index (χ3v) is 4.13. The Hall–Kier alpha value is -3.33. The molecular weight excluding hydrogens is 362 g/mol. The molecule has 9 heteroatoms. The molecule has 0 amide bonds. The number of benzene rings is 1. The van der Waals surface area contributed by atoms with Crippen LogP contribution in [0.1, 0.15) is 35.5 Å². The van der Waals surface area contributed by atoms with Crippen LogP contribution in [0.4, 0.5) is 0 Å². The number of ether oxygens (including phenoxy) is 2. The molecule has 0 spiro atoms. The van der Waals surface area contributed by atoms with E-state index in [0.29, 0.717) is 29.8 Å². The molecule has 1 unspecified atom stereocenters. The fourth-order valence-electron chi connectivity index (χ4n) is 2.68. The van der Waals surface area contributed by atoms with Gasteiger partial charge in [0.25, 0.3) is 0 Å². The zero-order valence-electron chi connectivity index (χ0n) is 15.6. The van der Waals surface area contributed by atoms with Crippen molar-refractivity contribution in [3.63, 3.8) is 0 Å². The number of aliphatic hydroxyl groups is 1. The van der Waals surface area contributed by atoms with Gasteiger partial charge in [-0.1, -0.05) is 12.1 Å². The fourth-order valence-corrected chi connectivity index (χ4v) is 2.68. The summed E-state index contributed by atoms with van der Waals surface area (Å²) in [6, 6.07) is 9.22. The number of aromatic nitrogens is 5. The molecule has 0 aliphatic carbocycles. The summed E-state index contributed by atoms with van der Waals surface area (Å²) in [5.74, 6) is 0.623. The number of hydrogen-bond acceptors (Lipinski definition) is 8. The van der Waals surface area contributed by atoms with E-state index in [1.807, 2.05) is 24.3 Å². The van der Waals surface area contributed by atoms with Crippen molar-refractivity contribution in [3.05, 3.63) is 53.9 Å². The first kappa shape index (κ1) is 19.4. The standard InChI is InChI=1S/C19H21N5O4/c1-3-28-19(26)15-10-14(11-20-12-15)18-21-22-23-24(18)17(25)9-6-13-4-7-16(27-2)8-5-13/h4-5,7-8,10-12,17,25H,3,6,9H2,1-2H3. The number of nitrogens with zero attached hydrogens (tertiary/aromatic N) is 5. The summed E-state index contributed by atoms with van der Waals surface area (Å²) in [5.41, 5.74) is 1.86. The number of rotatable bonds is 8. The van der Waals surface area contributed by atoms with Gasteiger partial charge in [0.2, 0.25) is 0 Å². The first-order valence-electron chi connectivity index (χ1n) is 8.83. The highest BCUT2D eigenvalue weighted by Crippen LogP contribution is 2.22. The van der Waals surface area contributed by atoms with Gasteiger partial charge in [0.15, 0.2) is 12.1 Å². The summed E-state index contributed by atoms with van der Waals surface area (Å²) in [6.45, 7) is 2.00. The zero-order chi connectivity index (χ0) is 19.9. The van der Waals surface area contributed by atoms with Crippen LogP contribution in [0.3, 0.4) is 0 Å². The molecule has 2 heterocycles. The fraction of sp³-hybridized carbons (Fsp3) is 0.316. The molecule has 2 aromatic heterocycles. The Bertz CT molecular complexity index is 926. The Labute approximate surface area is 161 Å². The molecule has 0 radical (unpaired) electrons. The number of aryl methyl sites for hydroxylation is 1. The molecule has 28 heavy (non-hydrogen) atoms. The van der Waals surface area contributed by atoms with Crippen molar-refractivity contribution >= 4 is 5.97 Å². The van der Waals surface area contributed by atoms with Crippen LogP contribution < -0.4 is 4.74 Å². The second-order valence-corrected chi connectivity index (χ2v) is 6.00. The molecule has 1 N–H and O–H groups in total. The number of esters is 1. The molecule has 9 nitrogen and oxygen atoms in total. The molecule has 1 atom stereocenters. The molecule has 1 aromatic carbocycles. The molecule has 0 aliphatic heterocycles. The first-order valence-corrected chi connectivity index (χ1v) is 8.83. The predicted molar refractivity (Wildman–Crippen MR) is 99.6 cm³/mol. The maximum Gasteiger partial charge on any atom is 0.339 e.